The number of rotatable bonds is 8. The SMILES string of the molecule is COc1ccc(CCC(=O)N(C)Cc2ccc(SC)cc2)cc1OC. The minimum Gasteiger partial charge on any atom is -0.493 e. The van der Waals surface area contributed by atoms with E-state index in [2.05, 4.69) is 30.5 Å². The molecule has 0 saturated heterocycles. The topological polar surface area (TPSA) is 38.8 Å². The maximum absolute atomic E-state index is 12.4. The van der Waals surface area contributed by atoms with Crippen LogP contribution in [0.15, 0.2) is 47.4 Å². The molecule has 0 aliphatic heterocycles. The van der Waals surface area contributed by atoms with Gasteiger partial charge in [0.25, 0.3) is 0 Å². The summed E-state index contributed by atoms with van der Waals surface area (Å²) in [6.07, 6.45) is 3.20. The second-order valence-corrected chi connectivity index (χ2v) is 6.67. The molecule has 25 heavy (non-hydrogen) atoms. The average Bonchev–Trinajstić information content (AvgIpc) is 2.66. The fourth-order valence-corrected chi connectivity index (χ4v) is 2.98. The number of carbonyl (C=O) groups is 1. The third kappa shape index (κ3) is 5.43. The average molecular weight is 359 g/mol. The number of amides is 1. The van der Waals surface area contributed by atoms with Gasteiger partial charge in [-0.2, -0.15) is 0 Å². The van der Waals surface area contributed by atoms with Crippen LogP contribution in [0.25, 0.3) is 0 Å². The van der Waals surface area contributed by atoms with Crippen molar-refractivity contribution in [3.63, 3.8) is 0 Å². The highest BCUT2D eigenvalue weighted by molar-refractivity contribution is 7.98. The van der Waals surface area contributed by atoms with Crippen molar-refractivity contribution >= 4 is 17.7 Å². The van der Waals surface area contributed by atoms with E-state index in [1.54, 1.807) is 30.9 Å². The number of carbonyl (C=O) groups excluding carboxylic acids is 1. The van der Waals surface area contributed by atoms with Gasteiger partial charge >= 0.3 is 0 Å². The molecule has 0 unspecified atom stereocenters. The van der Waals surface area contributed by atoms with Gasteiger partial charge in [-0.3, -0.25) is 4.79 Å². The van der Waals surface area contributed by atoms with Gasteiger partial charge in [-0.15, -0.1) is 11.8 Å². The number of ether oxygens (including phenoxy) is 2. The van der Waals surface area contributed by atoms with Gasteiger partial charge < -0.3 is 14.4 Å². The molecule has 2 aromatic rings. The lowest BCUT2D eigenvalue weighted by atomic mass is 10.1. The van der Waals surface area contributed by atoms with E-state index in [-0.39, 0.29) is 5.91 Å². The molecule has 5 heteroatoms. The van der Waals surface area contributed by atoms with Gasteiger partial charge in [-0.05, 0) is 48.1 Å². The molecule has 0 N–H and O–H groups in total. The number of benzene rings is 2. The minimum atomic E-state index is 0.128. The molecular formula is C20H25NO3S. The smallest absolute Gasteiger partial charge is 0.222 e. The maximum atomic E-state index is 12.4. The molecule has 134 valence electrons. The first-order chi connectivity index (χ1) is 12.1. The Morgan fingerprint density at radius 3 is 2.24 bits per heavy atom. The second kappa shape index (κ2) is 9.37. The van der Waals surface area contributed by atoms with Crippen LogP contribution >= 0.6 is 11.8 Å². The van der Waals surface area contributed by atoms with Crippen LogP contribution in [0.5, 0.6) is 11.5 Å². The molecule has 2 aromatic carbocycles. The molecule has 0 saturated carbocycles. The fraction of sp³-hybridized carbons (Fsp3) is 0.350. The highest BCUT2D eigenvalue weighted by Gasteiger charge is 2.11. The summed E-state index contributed by atoms with van der Waals surface area (Å²) in [7, 11) is 5.07. The molecule has 0 heterocycles. The van der Waals surface area contributed by atoms with Gasteiger partial charge in [0.05, 0.1) is 14.2 Å². The van der Waals surface area contributed by atoms with Crippen LogP contribution < -0.4 is 9.47 Å². The Bertz CT molecular complexity index is 701. The van der Waals surface area contributed by atoms with Crippen LogP contribution in [0, 0.1) is 0 Å². The third-order valence-corrected chi connectivity index (χ3v) is 4.82. The monoisotopic (exact) mass is 359 g/mol. The van der Waals surface area contributed by atoms with Gasteiger partial charge in [0.1, 0.15) is 0 Å². The molecule has 0 aliphatic rings. The zero-order valence-corrected chi connectivity index (χ0v) is 16.1. The lowest BCUT2D eigenvalue weighted by Gasteiger charge is -2.18. The van der Waals surface area contributed by atoms with Crippen molar-refractivity contribution in [2.45, 2.75) is 24.3 Å². The van der Waals surface area contributed by atoms with E-state index in [1.165, 1.54) is 4.90 Å². The van der Waals surface area contributed by atoms with E-state index < -0.39 is 0 Å². The Morgan fingerprint density at radius 2 is 1.64 bits per heavy atom. The fourth-order valence-electron chi connectivity index (χ4n) is 2.57. The van der Waals surface area contributed by atoms with E-state index >= 15 is 0 Å². The normalized spacial score (nSPS) is 10.4. The van der Waals surface area contributed by atoms with E-state index in [9.17, 15) is 4.79 Å². The van der Waals surface area contributed by atoms with Crippen LogP contribution in [0.3, 0.4) is 0 Å². The van der Waals surface area contributed by atoms with Crippen molar-refractivity contribution in [2.24, 2.45) is 0 Å². The summed E-state index contributed by atoms with van der Waals surface area (Å²) < 4.78 is 10.5. The first kappa shape index (κ1) is 19.2. The molecule has 0 aliphatic carbocycles. The van der Waals surface area contributed by atoms with Crippen LogP contribution in [-0.2, 0) is 17.8 Å². The summed E-state index contributed by atoms with van der Waals surface area (Å²) >= 11 is 1.71. The predicted molar refractivity (Wildman–Crippen MR) is 103 cm³/mol. The second-order valence-electron chi connectivity index (χ2n) is 5.79. The zero-order valence-electron chi connectivity index (χ0n) is 15.2. The molecule has 0 radical (unpaired) electrons. The predicted octanol–water partition coefficient (Wildman–Crippen LogP) is 4.02. The summed E-state index contributed by atoms with van der Waals surface area (Å²) in [6, 6.07) is 14.1. The van der Waals surface area contributed by atoms with E-state index in [0.29, 0.717) is 30.9 Å². The molecule has 0 fully saturated rings. The van der Waals surface area contributed by atoms with Crippen molar-refractivity contribution in [1.29, 1.82) is 0 Å². The van der Waals surface area contributed by atoms with Gasteiger partial charge in [0.2, 0.25) is 5.91 Å². The largest absolute Gasteiger partial charge is 0.493 e. The Hall–Kier alpha value is -2.14. The molecule has 0 atom stereocenters. The summed E-state index contributed by atoms with van der Waals surface area (Å²) in [5.41, 5.74) is 2.20. The first-order valence-electron chi connectivity index (χ1n) is 8.15. The maximum Gasteiger partial charge on any atom is 0.222 e. The molecular weight excluding hydrogens is 334 g/mol. The Kier molecular flexibility index (Phi) is 7.19. The van der Waals surface area contributed by atoms with E-state index in [0.717, 1.165) is 11.1 Å². The van der Waals surface area contributed by atoms with Crippen LogP contribution in [-0.4, -0.2) is 38.3 Å². The summed E-state index contributed by atoms with van der Waals surface area (Å²) in [4.78, 5) is 15.4. The quantitative estimate of drug-likeness (QED) is 0.668. The Balaban J connectivity index is 1.90. The van der Waals surface area contributed by atoms with Gasteiger partial charge in [-0.25, -0.2) is 0 Å². The minimum absolute atomic E-state index is 0.128. The molecule has 0 spiro atoms. The van der Waals surface area contributed by atoms with Crippen molar-refractivity contribution in [3.8, 4) is 11.5 Å². The van der Waals surface area contributed by atoms with Crippen LogP contribution in [0.1, 0.15) is 17.5 Å². The molecule has 0 bridgehead atoms. The Labute approximate surface area is 154 Å². The number of aryl methyl sites for hydroxylation is 1. The van der Waals surface area contributed by atoms with Crippen molar-refractivity contribution in [2.75, 3.05) is 27.5 Å². The number of thioether (sulfide) groups is 1. The van der Waals surface area contributed by atoms with Crippen LogP contribution in [0.4, 0.5) is 0 Å². The lowest BCUT2D eigenvalue weighted by Crippen LogP contribution is -2.26. The van der Waals surface area contributed by atoms with Crippen LogP contribution in [0.2, 0.25) is 0 Å². The van der Waals surface area contributed by atoms with Crippen molar-refractivity contribution < 1.29 is 14.3 Å². The van der Waals surface area contributed by atoms with E-state index in [1.807, 2.05) is 25.2 Å². The summed E-state index contributed by atoms with van der Waals surface area (Å²) in [5.74, 6) is 1.52. The van der Waals surface area contributed by atoms with Gasteiger partial charge in [0.15, 0.2) is 11.5 Å². The lowest BCUT2D eigenvalue weighted by molar-refractivity contribution is -0.130. The first-order valence-corrected chi connectivity index (χ1v) is 9.37. The summed E-state index contributed by atoms with van der Waals surface area (Å²) in [5, 5.41) is 0. The Morgan fingerprint density at radius 1 is 1.00 bits per heavy atom. The summed E-state index contributed by atoms with van der Waals surface area (Å²) in [6.45, 7) is 0.624. The van der Waals surface area contributed by atoms with Gasteiger partial charge in [0, 0.05) is 24.9 Å². The number of methoxy groups -OCH3 is 2. The highest BCUT2D eigenvalue weighted by atomic mass is 32.2. The standard InChI is InChI=1S/C20H25NO3S/c1-21(14-16-5-9-17(25-4)10-6-16)20(22)12-8-15-7-11-18(23-2)19(13-15)24-3/h5-7,9-11,13H,8,12,14H2,1-4H3. The van der Waals surface area contributed by atoms with Crippen molar-refractivity contribution in [3.05, 3.63) is 53.6 Å². The molecule has 2 rings (SSSR count). The van der Waals surface area contributed by atoms with E-state index in [4.69, 9.17) is 9.47 Å². The highest BCUT2D eigenvalue weighted by Crippen LogP contribution is 2.28. The molecule has 0 aromatic heterocycles. The number of hydrogen-bond acceptors (Lipinski definition) is 4. The van der Waals surface area contributed by atoms with Gasteiger partial charge in [-0.1, -0.05) is 18.2 Å². The number of hydrogen-bond donors (Lipinski definition) is 0. The number of nitrogens with zero attached hydrogens (tertiary/aromatic N) is 1. The molecule has 4 nitrogen and oxygen atoms in total. The molecule has 1 amide bonds. The third-order valence-electron chi connectivity index (χ3n) is 4.08. The zero-order chi connectivity index (χ0) is 18.2. The van der Waals surface area contributed by atoms with Crippen molar-refractivity contribution in [1.82, 2.24) is 4.90 Å².